The van der Waals surface area contributed by atoms with Crippen molar-refractivity contribution in [2.75, 3.05) is 6.54 Å². The third-order valence-corrected chi connectivity index (χ3v) is 6.44. The van der Waals surface area contributed by atoms with E-state index in [1.54, 1.807) is 30.7 Å². The van der Waals surface area contributed by atoms with Crippen molar-refractivity contribution in [2.45, 2.75) is 31.4 Å². The van der Waals surface area contributed by atoms with Gasteiger partial charge >= 0.3 is 0 Å². The molecule has 3 aliphatic rings. The lowest BCUT2D eigenvalue weighted by atomic mass is 9.77. The molecule has 1 saturated carbocycles. The van der Waals surface area contributed by atoms with Crippen molar-refractivity contribution >= 4 is 21.8 Å². The number of halogens is 2. The number of rotatable bonds is 4. The Kier molecular flexibility index (Phi) is 5.40. The number of amides is 1. The Hall–Kier alpha value is -2.87. The van der Waals surface area contributed by atoms with Crippen molar-refractivity contribution in [1.29, 1.82) is 0 Å². The summed E-state index contributed by atoms with van der Waals surface area (Å²) < 4.78 is 21.2. The van der Waals surface area contributed by atoms with Gasteiger partial charge < -0.3 is 9.64 Å². The summed E-state index contributed by atoms with van der Waals surface area (Å²) in [7, 11) is 0. The number of nitrogens with zero attached hydrogens (tertiary/aromatic N) is 4. The standard InChI is InChI=1S/C23H20BrFN4O2/c24-15-3-7-21(28-12-15)31-20-10-14-2-6-19(20)29(13-14)23(30)18-11-16(25)4-5-17(18)22-26-8-1-9-27-22/h1,3-5,7-9,11-12,14,19-20H,2,6,10,13H2/t14-,19+,20-/m1/s1. The van der Waals surface area contributed by atoms with E-state index in [0.29, 0.717) is 29.7 Å². The highest BCUT2D eigenvalue weighted by atomic mass is 79.9. The van der Waals surface area contributed by atoms with Gasteiger partial charge in [0.1, 0.15) is 11.9 Å². The van der Waals surface area contributed by atoms with Gasteiger partial charge in [0.25, 0.3) is 5.91 Å². The molecule has 2 aliphatic heterocycles. The maximum Gasteiger partial charge on any atom is 0.255 e. The molecular weight excluding hydrogens is 463 g/mol. The lowest BCUT2D eigenvalue weighted by Gasteiger charge is -2.49. The van der Waals surface area contributed by atoms with Gasteiger partial charge in [0.15, 0.2) is 5.82 Å². The summed E-state index contributed by atoms with van der Waals surface area (Å²) in [4.78, 5) is 28.3. The van der Waals surface area contributed by atoms with Crippen LogP contribution in [0.25, 0.3) is 11.4 Å². The Morgan fingerprint density at radius 2 is 1.97 bits per heavy atom. The van der Waals surface area contributed by atoms with Crippen LogP contribution in [-0.2, 0) is 0 Å². The molecule has 1 aromatic carbocycles. The Morgan fingerprint density at radius 1 is 1.13 bits per heavy atom. The number of ether oxygens (including phenoxy) is 1. The quantitative estimate of drug-likeness (QED) is 0.546. The second-order valence-electron chi connectivity index (χ2n) is 7.94. The van der Waals surface area contributed by atoms with E-state index in [4.69, 9.17) is 4.74 Å². The summed E-state index contributed by atoms with van der Waals surface area (Å²) in [6, 6.07) is 9.49. The molecule has 2 bridgehead atoms. The summed E-state index contributed by atoms with van der Waals surface area (Å²) >= 11 is 3.38. The number of hydrogen-bond acceptors (Lipinski definition) is 5. The monoisotopic (exact) mass is 482 g/mol. The Balaban J connectivity index is 1.44. The molecular formula is C23H20BrFN4O2. The molecule has 1 aliphatic carbocycles. The minimum Gasteiger partial charge on any atom is -0.472 e. The van der Waals surface area contributed by atoms with Crippen LogP contribution in [0.3, 0.4) is 0 Å². The van der Waals surface area contributed by atoms with Gasteiger partial charge in [0.05, 0.1) is 11.6 Å². The molecule has 1 amide bonds. The Labute approximate surface area is 187 Å². The zero-order valence-electron chi connectivity index (χ0n) is 16.6. The summed E-state index contributed by atoms with van der Waals surface area (Å²) in [6.45, 7) is 0.642. The SMILES string of the molecule is O=C(c1cc(F)ccc1-c1ncccn1)N1C[C@@H]2CC[C@H]1[C@H](Oc1ccc(Br)cn1)C2. The number of pyridine rings is 1. The molecule has 0 unspecified atom stereocenters. The van der Waals surface area contributed by atoms with E-state index in [2.05, 4.69) is 30.9 Å². The highest BCUT2D eigenvalue weighted by molar-refractivity contribution is 9.10. The maximum absolute atomic E-state index is 14.1. The zero-order valence-corrected chi connectivity index (χ0v) is 18.2. The molecule has 0 spiro atoms. The van der Waals surface area contributed by atoms with E-state index in [9.17, 15) is 9.18 Å². The number of hydrogen-bond donors (Lipinski definition) is 0. The maximum atomic E-state index is 14.1. The molecule has 8 heteroatoms. The van der Waals surface area contributed by atoms with Crippen LogP contribution in [0.2, 0.25) is 0 Å². The van der Waals surface area contributed by atoms with Gasteiger partial charge in [-0.05, 0) is 71.4 Å². The Morgan fingerprint density at radius 3 is 2.71 bits per heavy atom. The minimum atomic E-state index is -0.461. The van der Waals surface area contributed by atoms with Crippen LogP contribution >= 0.6 is 15.9 Å². The van der Waals surface area contributed by atoms with Crippen LogP contribution < -0.4 is 4.74 Å². The molecule has 6 rings (SSSR count). The number of piperidine rings is 2. The van der Waals surface area contributed by atoms with E-state index < -0.39 is 5.82 Å². The average Bonchev–Trinajstić information content (AvgIpc) is 2.81. The van der Waals surface area contributed by atoms with Crippen molar-refractivity contribution in [3.63, 3.8) is 0 Å². The van der Waals surface area contributed by atoms with Crippen molar-refractivity contribution in [3.05, 3.63) is 70.8 Å². The van der Waals surface area contributed by atoms with Crippen LogP contribution in [0.1, 0.15) is 29.6 Å². The highest BCUT2D eigenvalue weighted by Gasteiger charge is 2.45. The van der Waals surface area contributed by atoms with Crippen molar-refractivity contribution in [2.24, 2.45) is 5.92 Å². The third-order valence-electron chi connectivity index (χ3n) is 5.97. The average molecular weight is 483 g/mol. The summed E-state index contributed by atoms with van der Waals surface area (Å²) in [5.41, 5.74) is 0.805. The molecule has 158 valence electrons. The van der Waals surface area contributed by atoms with E-state index in [1.807, 2.05) is 17.0 Å². The first-order valence-electron chi connectivity index (χ1n) is 10.2. The van der Waals surface area contributed by atoms with Gasteiger partial charge in [-0.15, -0.1) is 0 Å². The van der Waals surface area contributed by atoms with Crippen LogP contribution in [0.15, 0.2) is 59.5 Å². The van der Waals surface area contributed by atoms with Crippen LogP contribution in [-0.4, -0.2) is 44.4 Å². The topological polar surface area (TPSA) is 68.2 Å². The number of benzene rings is 1. The zero-order chi connectivity index (χ0) is 21.4. The van der Waals surface area contributed by atoms with Crippen LogP contribution in [0, 0.1) is 11.7 Å². The summed E-state index contributed by atoms with van der Waals surface area (Å²) in [6.07, 6.45) is 7.55. The molecule has 31 heavy (non-hydrogen) atoms. The first-order chi connectivity index (χ1) is 15.1. The van der Waals surface area contributed by atoms with Gasteiger partial charge in [-0.3, -0.25) is 4.79 Å². The predicted octanol–water partition coefficient (Wildman–Crippen LogP) is 4.51. The minimum absolute atomic E-state index is 0.0873. The molecule has 2 aromatic heterocycles. The first kappa shape index (κ1) is 20.1. The van der Waals surface area contributed by atoms with E-state index in [0.717, 1.165) is 23.7 Å². The fraction of sp³-hybridized carbons (Fsp3) is 0.304. The summed E-state index contributed by atoms with van der Waals surface area (Å²) in [5, 5.41) is 0. The van der Waals surface area contributed by atoms with Crippen molar-refractivity contribution < 1.29 is 13.9 Å². The van der Waals surface area contributed by atoms with Gasteiger partial charge in [-0.2, -0.15) is 0 Å². The lowest BCUT2D eigenvalue weighted by Crippen LogP contribution is -2.59. The predicted molar refractivity (Wildman–Crippen MR) is 116 cm³/mol. The van der Waals surface area contributed by atoms with E-state index >= 15 is 0 Å². The lowest BCUT2D eigenvalue weighted by molar-refractivity contribution is -0.0313. The largest absolute Gasteiger partial charge is 0.472 e. The number of fused-ring (bicyclic) bond motifs is 3. The van der Waals surface area contributed by atoms with Gasteiger partial charge in [0, 0.05) is 41.2 Å². The van der Waals surface area contributed by atoms with Gasteiger partial charge in [-0.25, -0.2) is 19.3 Å². The Bertz CT molecular complexity index is 1100. The van der Waals surface area contributed by atoms with Crippen molar-refractivity contribution in [3.8, 4) is 17.3 Å². The van der Waals surface area contributed by atoms with Gasteiger partial charge in [0.2, 0.25) is 5.88 Å². The molecule has 3 fully saturated rings. The van der Waals surface area contributed by atoms with E-state index in [1.165, 1.54) is 12.1 Å². The van der Waals surface area contributed by atoms with Gasteiger partial charge in [-0.1, -0.05) is 0 Å². The number of carbonyl (C=O) groups is 1. The number of carbonyl (C=O) groups excluding carboxylic acids is 1. The molecule has 0 N–H and O–H groups in total. The molecule has 0 radical (unpaired) electrons. The molecule has 3 atom stereocenters. The van der Waals surface area contributed by atoms with Crippen LogP contribution in [0.5, 0.6) is 5.88 Å². The molecule has 6 nitrogen and oxygen atoms in total. The molecule has 4 heterocycles. The highest BCUT2D eigenvalue weighted by Crippen LogP contribution is 2.38. The van der Waals surface area contributed by atoms with E-state index in [-0.39, 0.29) is 23.6 Å². The number of aromatic nitrogens is 3. The second-order valence-corrected chi connectivity index (χ2v) is 8.85. The van der Waals surface area contributed by atoms with Crippen molar-refractivity contribution in [1.82, 2.24) is 19.9 Å². The normalized spacial score (nSPS) is 22.4. The smallest absolute Gasteiger partial charge is 0.255 e. The van der Waals surface area contributed by atoms with Crippen LogP contribution in [0.4, 0.5) is 4.39 Å². The molecule has 3 aromatic rings. The summed E-state index contributed by atoms with van der Waals surface area (Å²) in [5.74, 6) is 0.613. The first-order valence-corrected chi connectivity index (χ1v) is 11.0. The fourth-order valence-corrected chi connectivity index (χ4v) is 4.79. The third kappa shape index (κ3) is 4.04. The molecule has 2 saturated heterocycles. The second kappa shape index (κ2) is 8.34. The fourth-order valence-electron chi connectivity index (χ4n) is 4.56.